The Hall–Kier alpha value is -3.50. The Morgan fingerprint density at radius 2 is 1.71 bits per heavy atom. The van der Waals surface area contributed by atoms with Crippen molar-refractivity contribution in [3.8, 4) is 6.07 Å². The maximum atomic E-state index is 12.8. The first-order chi connectivity index (χ1) is 17.0. The van der Waals surface area contributed by atoms with Crippen molar-refractivity contribution in [1.29, 1.82) is 5.26 Å². The Kier molecular flexibility index (Phi) is 7.94. The number of carbonyl (C=O) groups is 2. The van der Waals surface area contributed by atoms with Crippen LogP contribution in [0.4, 0.5) is 4.39 Å². The number of amides is 1. The second-order valence-electron chi connectivity index (χ2n) is 9.18. The molecule has 0 aliphatic carbocycles. The number of piperidine rings is 1. The molecule has 2 aliphatic heterocycles. The van der Waals surface area contributed by atoms with Gasteiger partial charge in [0.15, 0.2) is 5.78 Å². The van der Waals surface area contributed by atoms with Crippen LogP contribution in [0.5, 0.6) is 0 Å². The van der Waals surface area contributed by atoms with Gasteiger partial charge in [-0.05, 0) is 93.8 Å². The number of carbonyl (C=O) groups excluding carboxylic acids is 2. The van der Waals surface area contributed by atoms with E-state index in [9.17, 15) is 14.0 Å². The van der Waals surface area contributed by atoms with Crippen LogP contribution in [0.25, 0.3) is 10.9 Å². The van der Waals surface area contributed by atoms with E-state index in [4.69, 9.17) is 5.26 Å². The fourth-order valence-corrected chi connectivity index (χ4v) is 4.77. The minimum absolute atomic E-state index is 0.0576. The average Bonchev–Trinajstić information content (AvgIpc) is 3.59. The van der Waals surface area contributed by atoms with Crippen molar-refractivity contribution in [2.75, 3.05) is 32.7 Å². The normalized spacial score (nSPS) is 16.5. The highest BCUT2D eigenvalue weighted by molar-refractivity contribution is 5.98. The van der Waals surface area contributed by atoms with Gasteiger partial charge in [0.1, 0.15) is 11.5 Å². The second kappa shape index (κ2) is 11.3. The minimum Gasteiger partial charge on any atom is -0.351 e. The molecule has 5 rings (SSSR count). The number of ketones is 1. The number of halogens is 1. The van der Waals surface area contributed by atoms with E-state index < -0.39 is 0 Å². The molecule has 3 aromatic rings. The summed E-state index contributed by atoms with van der Waals surface area (Å²) in [6, 6.07) is 15.2. The van der Waals surface area contributed by atoms with E-state index in [1.54, 1.807) is 24.3 Å². The number of nitriles is 1. The summed E-state index contributed by atoms with van der Waals surface area (Å²) < 4.78 is 12.8. The number of hydrogen-bond donors (Lipinski definition) is 1. The Balaban J connectivity index is 0.000000165. The summed E-state index contributed by atoms with van der Waals surface area (Å²) >= 11 is 0. The van der Waals surface area contributed by atoms with Crippen molar-refractivity contribution in [2.24, 2.45) is 5.92 Å². The summed E-state index contributed by atoms with van der Waals surface area (Å²) in [5, 5.41) is 9.76. The zero-order chi connectivity index (χ0) is 24.8. The number of benzene rings is 2. The zero-order valence-corrected chi connectivity index (χ0v) is 20.1. The van der Waals surface area contributed by atoms with Crippen molar-refractivity contribution in [2.45, 2.75) is 32.6 Å². The smallest absolute Gasteiger partial charge is 0.270 e. The van der Waals surface area contributed by atoms with Gasteiger partial charge in [-0.15, -0.1) is 0 Å². The molecule has 7 heteroatoms. The molecule has 182 valence electrons. The predicted molar refractivity (Wildman–Crippen MR) is 134 cm³/mol. The average molecular weight is 475 g/mol. The van der Waals surface area contributed by atoms with Gasteiger partial charge < -0.3 is 14.8 Å². The summed E-state index contributed by atoms with van der Waals surface area (Å²) in [6.45, 7) is 6.87. The van der Waals surface area contributed by atoms with Gasteiger partial charge in [-0.3, -0.25) is 9.59 Å². The monoisotopic (exact) mass is 474 g/mol. The Labute approximate surface area is 205 Å². The number of Topliss-reactive ketones (excluding diaryl/α,β-unsaturated/α-hetero) is 1. The maximum Gasteiger partial charge on any atom is 0.270 e. The van der Waals surface area contributed by atoms with Crippen molar-refractivity contribution in [1.82, 2.24) is 14.8 Å². The summed E-state index contributed by atoms with van der Waals surface area (Å²) in [6.07, 6.45) is 4.02. The third kappa shape index (κ3) is 5.95. The second-order valence-corrected chi connectivity index (χ2v) is 9.18. The number of rotatable bonds is 4. The van der Waals surface area contributed by atoms with Crippen molar-refractivity contribution >= 4 is 22.6 Å². The molecule has 6 nitrogen and oxygen atoms in total. The lowest BCUT2D eigenvalue weighted by Gasteiger charge is -2.30. The zero-order valence-electron chi connectivity index (χ0n) is 20.1. The van der Waals surface area contributed by atoms with Crippen molar-refractivity contribution in [3.63, 3.8) is 0 Å². The summed E-state index contributed by atoms with van der Waals surface area (Å²) in [7, 11) is 0. The number of likely N-dealkylation sites (tertiary alicyclic amines) is 2. The topological polar surface area (TPSA) is 80.2 Å². The standard InChI is InChI=1S/C14H18FNO.C14H13N3O/c1-2-16-9-7-12(8-10-16)14(17)11-3-5-13(15)6-4-11;15-9-10-3-4-12-11(7-10)8-13(16-12)14(18)17-5-1-2-6-17/h3-6,12H,2,7-10H2,1H3;3-4,7-8,16H,1-2,5-6H2. The van der Waals surface area contributed by atoms with Gasteiger partial charge in [-0.1, -0.05) is 6.92 Å². The molecule has 0 bridgehead atoms. The first kappa shape index (κ1) is 24.6. The van der Waals surface area contributed by atoms with Gasteiger partial charge in [-0.25, -0.2) is 4.39 Å². The number of aromatic amines is 1. The van der Waals surface area contributed by atoms with E-state index >= 15 is 0 Å². The third-order valence-electron chi connectivity index (χ3n) is 6.91. The molecule has 2 saturated heterocycles. The summed E-state index contributed by atoms with van der Waals surface area (Å²) in [4.78, 5) is 31.7. The molecule has 1 N–H and O–H groups in total. The molecular formula is C28H31FN4O2. The van der Waals surface area contributed by atoms with Crippen LogP contribution >= 0.6 is 0 Å². The first-order valence-corrected chi connectivity index (χ1v) is 12.3. The third-order valence-corrected chi connectivity index (χ3v) is 6.91. The number of aromatic nitrogens is 1. The Bertz CT molecular complexity index is 1210. The van der Waals surface area contributed by atoms with Gasteiger partial charge in [0.05, 0.1) is 11.6 Å². The van der Waals surface area contributed by atoms with Crippen molar-refractivity contribution < 1.29 is 14.0 Å². The molecule has 35 heavy (non-hydrogen) atoms. The quantitative estimate of drug-likeness (QED) is 0.539. The van der Waals surface area contributed by atoms with E-state index in [2.05, 4.69) is 22.9 Å². The predicted octanol–water partition coefficient (Wildman–Crippen LogP) is 5.02. The SMILES string of the molecule is CCN1CCC(C(=O)c2ccc(F)cc2)CC1.N#Cc1ccc2[nH]c(C(=O)N3CCCC3)cc2c1. The first-order valence-electron chi connectivity index (χ1n) is 12.3. The van der Waals surface area contributed by atoms with E-state index in [1.807, 2.05) is 17.0 Å². The van der Waals surface area contributed by atoms with Crippen LogP contribution < -0.4 is 0 Å². The largest absolute Gasteiger partial charge is 0.351 e. The maximum absolute atomic E-state index is 12.8. The number of hydrogen-bond acceptors (Lipinski definition) is 4. The molecule has 1 amide bonds. The van der Waals surface area contributed by atoms with Gasteiger partial charge in [0.25, 0.3) is 5.91 Å². The fraction of sp³-hybridized carbons (Fsp3) is 0.393. The number of fused-ring (bicyclic) bond motifs is 1. The van der Waals surface area contributed by atoms with E-state index in [0.29, 0.717) is 16.8 Å². The molecule has 0 spiro atoms. The molecule has 0 saturated carbocycles. The van der Waals surface area contributed by atoms with Gasteiger partial charge in [-0.2, -0.15) is 5.26 Å². The summed E-state index contributed by atoms with van der Waals surface area (Å²) in [5.41, 5.74) is 2.77. The van der Waals surface area contributed by atoms with Crippen LogP contribution in [-0.2, 0) is 0 Å². The van der Waals surface area contributed by atoms with Gasteiger partial charge >= 0.3 is 0 Å². The molecule has 3 heterocycles. The highest BCUT2D eigenvalue weighted by Crippen LogP contribution is 2.22. The molecule has 0 unspecified atom stereocenters. The molecule has 0 atom stereocenters. The lowest BCUT2D eigenvalue weighted by atomic mass is 9.89. The van der Waals surface area contributed by atoms with E-state index in [0.717, 1.165) is 69.3 Å². The van der Waals surface area contributed by atoms with Crippen LogP contribution in [-0.4, -0.2) is 59.2 Å². The van der Waals surface area contributed by atoms with E-state index in [-0.39, 0.29) is 23.4 Å². The minimum atomic E-state index is -0.289. The van der Waals surface area contributed by atoms with Gasteiger partial charge in [0, 0.05) is 35.5 Å². The van der Waals surface area contributed by atoms with Crippen LogP contribution in [0, 0.1) is 23.1 Å². The van der Waals surface area contributed by atoms with Gasteiger partial charge in [0.2, 0.25) is 0 Å². The van der Waals surface area contributed by atoms with Crippen LogP contribution in [0.15, 0.2) is 48.5 Å². The number of nitrogens with one attached hydrogen (secondary N) is 1. The van der Waals surface area contributed by atoms with E-state index in [1.165, 1.54) is 12.1 Å². The summed E-state index contributed by atoms with van der Waals surface area (Å²) in [5.74, 6) is 0.0496. The van der Waals surface area contributed by atoms with Crippen molar-refractivity contribution in [3.05, 3.63) is 71.2 Å². The molecule has 1 aromatic heterocycles. The molecule has 2 aliphatic rings. The molecule has 0 radical (unpaired) electrons. The molecule has 2 fully saturated rings. The van der Waals surface area contributed by atoms with Crippen LogP contribution in [0.1, 0.15) is 59.0 Å². The number of H-pyrrole nitrogens is 1. The Morgan fingerprint density at radius 1 is 1.03 bits per heavy atom. The lowest BCUT2D eigenvalue weighted by molar-refractivity contribution is 0.0787. The fourth-order valence-electron chi connectivity index (χ4n) is 4.77. The highest BCUT2D eigenvalue weighted by Gasteiger charge is 2.25. The van der Waals surface area contributed by atoms with Crippen LogP contribution in [0.2, 0.25) is 0 Å². The molecule has 2 aromatic carbocycles. The number of nitrogens with zero attached hydrogens (tertiary/aromatic N) is 3. The van der Waals surface area contributed by atoms with Crippen LogP contribution in [0.3, 0.4) is 0 Å². The molecular weight excluding hydrogens is 443 g/mol. The lowest BCUT2D eigenvalue weighted by Crippen LogP contribution is -2.36. The highest BCUT2D eigenvalue weighted by atomic mass is 19.1. The Morgan fingerprint density at radius 3 is 2.34 bits per heavy atom.